The summed E-state index contributed by atoms with van der Waals surface area (Å²) in [7, 11) is 0. The summed E-state index contributed by atoms with van der Waals surface area (Å²) in [6.07, 6.45) is 3.87. The Kier molecular flexibility index (Phi) is 6.28. The number of para-hydroxylation sites is 2. The molecule has 0 bridgehead atoms. The number of hydrogen-bond donors (Lipinski definition) is 0. The second-order valence-corrected chi connectivity index (χ2v) is 8.06. The molecule has 4 rings (SSSR count). The third-order valence-electron chi connectivity index (χ3n) is 6.04. The van der Waals surface area contributed by atoms with E-state index in [0.29, 0.717) is 37.4 Å². The normalized spacial score (nSPS) is 17.7. The number of benzene rings is 2. The summed E-state index contributed by atoms with van der Waals surface area (Å²) in [4.78, 5) is 30.1. The fourth-order valence-corrected chi connectivity index (χ4v) is 4.35. The molecule has 2 heterocycles. The maximum Gasteiger partial charge on any atom is 0.292 e. The Labute approximate surface area is 177 Å². The molecule has 2 aliphatic heterocycles. The molecule has 2 saturated heterocycles. The summed E-state index contributed by atoms with van der Waals surface area (Å²) in [6.45, 7) is 5.55. The highest BCUT2D eigenvalue weighted by molar-refractivity contribution is 5.94. The number of piperidine rings is 1. The number of rotatable bonds is 5. The lowest BCUT2D eigenvalue weighted by atomic mass is 10.1. The van der Waals surface area contributed by atoms with Crippen molar-refractivity contribution in [3.8, 4) is 0 Å². The van der Waals surface area contributed by atoms with Crippen LogP contribution in [0.15, 0.2) is 48.5 Å². The predicted octanol–water partition coefficient (Wildman–Crippen LogP) is 3.54. The van der Waals surface area contributed by atoms with Crippen LogP contribution >= 0.6 is 0 Å². The number of nitro benzene ring substituents is 1. The monoisotopic (exact) mass is 408 g/mol. The Bertz CT molecular complexity index is 886. The average Bonchev–Trinajstić information content (AvgIpc) is 2.80. The van der Waals surface area contributed by atoms with E-state index in [4.69, 9.17) is 0 Å². The second-order valence-electron chi connectivity index (χ2n) is 8.06. The van der Waals surface area contributed by atoms with Crippen LogP contribution in [-0.2, 0) is 6.54 Å². The SMILES string of the molecule is O=C(c1ccc(CN2CCCCC2)cc1)N1CCN(c2ccccc2[N+](=O)[O-])CC1. The third-order valence-corrected chi connectivity index (χ3v) is 6.04. The number of anilines is 1. The fraction of sp³-hybridized carbons (Fsp3) is 0.435. The van der Waals surface area contributed by atoms with Gasteiger partial charge in [0.2, 0.25) is 0 Å². The molecule has 7 nitrogen and oxygen atoms in total. The van der Waals surface area contributed by atoms with Gasteiger partial charge in [0.15, 0.2) is 0 Å². The van der Waals surface area contributed by atoms with Gasteiger partial charge in [-0.15, -0.1) is 0 Å². The van der Waals surface area contributed by atoms with E-state index < -0.39 is 0 Å². The van der Waals surface area contributed by atoms with Crippen molar-refractivity contribution in [3.63, 3.8) is 0 Å². The summed E-state index contributed by atoms with van der Waals surface area (Å²) in [5.41, 5.74) is 2.68. The molecule has 2 aromatic carbocycles. The molecular weight excluding hydrogens is 380 g/mol. The van der Waals surface area contributed by atoms with E-state index in [0.717, 1.165) is 19.6 Å². The third kappa shape index (κ3) is 4.62. The molecule has 0 unspecified atom stereocenters. The molecule has 2 aliphatic rings. The van der Waals surface area contributed by atoms with E-state index in [1.54, 1.807) is 12.1 Å². The lowest BCUT2D eigenvalue weighted by Gasteiger charge is -2.35. The molecule has 0 atom stereocenters. The number of hydrogen-bond acceptors (Lipinski definition) is 5. The summed E-state index contributed by atoms with van der Waals surface area (Å²) < 4.78 is 0. The summed E-state index contributed by atoms with van der Waals surface area (Å²) in [5.74, 6) is 0.0294. The smallest absolute Gasteiger partial charge is 0.292 e. The molecule has 0 spiro atoms. The first-order chi connectivity index (χ1) is 14.6. The zero-order valence-corrected chi connectivity index (χ0v) is 17.2. The van der Waals surface area contributed by atoms with E-state index >= 15 is 0 Å². The van der Waals surface area contributed by atoms with Gasteiger partial charge >= 0.3 is 0 Å². The molecule has 1 amide bonds. The average molecular weight is 409 g/mol. The molecule has 158 valence electrons. The van der Waals surface area contributed by atoms with Crippen molar-refractivity contribution in [3.05, 3.63) is 69.8 Å². The number of likely N-dealkylation sites (tertiary alicyclic amines) is 1. The van der Waals surface area contributed by atoms with Crippen LogP contribution in [-0.4, -0.2) is 59.9 Å². The number of nitro groups is 1. The minimum atomic E-state index is -0.349. The number of amides is 1. The Morgan fingerprint density at radius 1 is 0.867 bits per heavy atom. The maximum absolute atomic E-state index is 12.9. The Morgan fingerprint density at radius 3 is 2.20 bits per heavy atom. The second kappa shape index (κ2) is 9.26. The van der Waals surface area contributed by atoms with Crippen molar-refractivity contribution in [1.82, 2.24) is 9.80 Å². The van der Waals surface area contributed by atoms with Gasteiger partial charge in [0.1, 0.15) is 5.69 Å². The molecule has 30 heavy (non-hydrogen) atoms. The summed E-state index contributed by atoms with van der Waals surface area (Å²) >= 11 is 0. The van der Waals surface area contributed by atoms with Gasteiger partial charge in [0, 0.05) is 44.4 Å². The Morgan fingerprint density at radius 2 is 1.53 bits per heavy atom. The number of piperazine rings is 1. The van der Waals surface area contributed by atoms with Gasteiger partial charge in [-0.2, -0.15) is 0 Å². The van der Waals surface area contributed by atoms with Crippen LogP contribution in [0.2, 0.25) is 0 Å². The highest BCUT2D eigenvalue weighted by Gasteiger charge is 2.26. The maximum atomic E-state index is 12.9. The molecular formula is C23H28N4O3. The molecule has 0 radical (unpaired) electrons. The minimum Gasteiger partial charge on any atom is -0.362 e. The highest BCUT2D eigenvalue weighted by atomic mass is 16.6. The standard InChI is InChI=1S/C23H28N4O3/c28-23(20-10-8-19(9-11-20)18-24-12-4-1-5-13-24)26-16-14-25(15-17-26)21-6-2-3-7-22(21)27(29)30/h2-3,6-11H,1,4-5,12-18H2. The minimum absolute atomic E-state index is 0.0294. The van der Waals surface area contributed by atoms with E-state index in [1.165, 1.54) is 30.9 Å². The van der Waals surface area contributed by atoms with Crippen molar-refractivity contribution in [2.24, 2.45) is 0 Å². The van der Waals surface area contributed by atoms with E-state index in [2.05, 4.69) is 17.0 Å². The molecule has 0 aliphatic carbocycles. The Balaban J connectivity index is 1.34. The highest BCUT2D eigenvalue weighted by Crippen LogP contribution is 2.28. The summed E-state index contributed by atoms with van der Waals surface area (Å²) in [5, 5.41) is 11.3. The van der Waals surface area contributed by atoms with Gasteiger partial charge in [-0.25, -0.2) is 0 Å². The summed E-state index contributed by atoms with van der Waals surface area (Å²) in [6, 6.07) is 14.8. The van der Waals surface area contributed by atoms with E-state index in [9.17, 15) is 14.9 Å². The van der Waals surface area contributed by atoms with Crippen molar-refractivity contribution < 1.29 is 9.72 Å². The topological polar surface area (TPSA) is 69.9 Å². The first kappa shape index (κ1) is 20.3. The van der Waals surface area contributed by atoms with Gasteiger partial charge in [-0.3, -0.25) is 19.8 Å². The first-order valence-corrected chi connectivity index (χ1v) is 10.7. The predicted molar refractivity (Wildman–Crippen MR) is 117 cm³/mol. The number of carbonyl (C=O) groups excluding carboxylic acids is 1. The van der Waals surface area contributed by atoms with Crippen LogP contribution in [0.1, 0.15) is 35.2 Å². The molecule has 0 aromatic heterocycles. The number of carbonyl (C=O) groups is 1. The number of nitrogens with zero attached hydrogens (tertiary/aromatic N) is 4. The van der Waals surface area contributed by atoms with Crippen LogP contribution in [0.5, 0.6) is 0 Å². The van der Waals surface area contributed by atoms with Crippen molar-refractivity contribution >= 4 is 17.3 Å². The molecule has 0 N–H and O–H groups in total. The molecule has 2 fully saturated rings. The lowest BCUT2D eigenvalue weighted by molar-refractivity contribution is -0.384. The van der Waals surface area contributed by atoms with Gasteiger partial charge in [0.25, 0.3) is 11.6 Å². The quantitative estimate of drug-likeness (QED) is 0.559. The van der Waals surface area contributed by atoms with Gasteiger partial charge in [-0.05, 0) is 49.7 Å². The fourth-order valence-electron chi connectivity index (χ4n) is 4.35. The van der Waals surface area contributed by atoms with Crippen LogP contribution < -0.4 is 4.90 Å². The van der Waals surface area contributed by atoms with E-state index in [1.807, 2.05) is 28.0 Å². The van der Waals surface area contributed by atoms with Crippen LogP contribution in [0, 0.1) is 10.1 Å². The van der Waals surface area contributed by atoms with Crippen molar-refractivity contribution in [2.75, 3.05) is 44.2 Å². The zero-order chi connectivity index (χ0) is 20.9. The molecule has 2 aromatic rings. The molecule has 0 saturated carbocycles. The lowest BCUT2D eigenvalue weighted by Crippen LogP contribution is -2.49. The van der Waals surface area contributed by atoms with Crippen LogP contribution in [0.3, 0.4) is 0 Å². The van der Waals surface area contributed by atoms with Crippen LogP contribution in [0.25, 0.3) is 0 Å². The van der Waals surface area contributed by atoms with Gasteiger partial charge < -0.3 is 9.80 Å². The largest absolute Gasteiger partial charge is 0.362 e. The van der Waals surface area contributed by atoms with Crippen molar-refractivity contribution in [1.29, 1.82) is 0 Å². The molecule has 7 heteroatoms. The van der Waals surface area contributed by atoms with Crippen LogP contribution in [0.4, 0.5) is 11.4 Å². The van der Waals surface area contributed by atoms with Gasteiger partial charge in [0.05, 0.1) is 4.92 Å². The van der Waals surface area contributed by atoms with E-state index in [-0.39, 0.29) is 16.5 Å². The van der Waals surface area contributed by atoms with Gasteiger partial charge in [-0.1, -0.05) is 30.7 Å². The zero-order valence-electron chi connectivity index (χ0n) is 17.2. The van der Waals surface area contributed by atoms with Crippen molar-refractivity contribution in [2.45, 2.75) is 25.8 Å². The Hall–Kier alpha value is -2.93. The first-order valence-electron chi connectivity index (χ1n) is 10.7.